The number of benzene rings is 2. The van der Waals surface area contributed by atoms with Gasteiger partial charge in [0.05, 0.1) is 10.9 Å². The predicted octanol–water partition coefficient (Wildman–Crippen LogP) is 3.80. The number of amides is 2. The van der Waals surface area contributed by atoms with Crippen molar-refractivity contribution in [3.8, 4) is 0 Å². The van der Waals surface area contributed by atoms with Crippen molar-refractivity contribution in [1.82, 2.24) is 4.90 Å². The molecule has 2 aliphatic heterocycles. The number of rotatable bonds is 3. The third kappa shape index (κ3) is 3.88. The van der Waals surface area contributed by atoms with E-state index < -0.39 is 5.82 Å². The minimum absolute atomic E-state index is 0.0136. The van der Waals surface area contributed by atoms with Crippen LogP contribution in [0.5, 0.6) is 0 Å². The first-order valence-corrected chi connectivity index (χ1v) is 10.6. The second-order valence-corrected chi connectivity index (χ2v) is 8.44. The number of nitrogens with zero attached hydrogens (tertiary/aromatic N) is 3. The molecule has 2 saturated heterocycles. The van der Waals surface area contributed by atoms with Gasteiger partial charge in [-0.05, 0) is 49.2 Å². The number of hydrogen-bond acceptors (Lipinski definition) is 3. The molecule has 2 amide bonds. The average Bonchev–Trinajstić information content (AvgIpc) is 3.13. The van der Waals surface area contributed by atoms with Gasteiger partial charge in [0.25, 0.3) is 0 Å². The van der Waals surface area contributed by atoms with E-state index in [9.17, 15) is 14.0 Å². The summed E-state index contributed by atoms with van der Waals surface area (Å²) in [6.45, 7) is 7.36. The summed E-state index contributed by atoms with van der Waals surface area (Å²) in [5.74, 6) is -1.03. The Kier molecular flexibility index (Phi) is 5.69. The van der Waals surface area contributed by atoms with Crippen LogP contribution < -0.4 is 9.80 Å². The van der Waals surface area contributed by atoms with Gasteiger partial charge in [-0.25, -0.2) is 4.39 Å². The van der Waals surface area contributed by atoms with E-state index in [0.29, 0.717) is 25.3 Å². The molecule has 2 fully saturated rings. The van der Waals surface area contributed by atoms with Gasteiger partial charge in [-0.1, -0.05) is 23.7 Å². The van der Waals surface area contributed by atoms with Gasteiger partial charge in [0.1, 0.15) is 5.82 Å². The molecule has 0 N–H and O–H groups in total. The highest BCUT2D eigenvalue weighted by Crippen LogP contribution is 2.30. The first-order valence-electron chi connectivity index (χ1n) is 10.2. The van der Waals surface area contributed by atoms with Crippen molar-refractivity contribution < 1.29 is 14.0 Å². The Hall–Kier alpha value is -2.60. The van der Waals surface area contributed by atoms with E-state index in [1.54, 1.807) is 0 Å². The lowest BCUT2D eigenvalue weighted by Gasteiger charge is -2.38. The van der Waals surface area contributed by atoms with Crippen molar-refractivity contribution >= 4 is 34.8 Å². The molecule has 0 radical (unpaired) electrons. The molecular formula is C23H25ClFN3O2. The highest BCUT2D eigenvalue weighted by molar-refractivity contribution is 6.31. The Morgan fingerprint density at radius 3 is 2.53 bits per heavy atom. The van der Waals surface area contributed by atoms with Crippen LogP contribution in [0.15, 0.2) is 36.4 Å². The van der Waals surface area contributed by atoms with Gasteiger partial charge < -0.3 is 14.7 Å². The molecular weight excluding hydrogens is 405 g/mol. The summed E-state index contributed by atoms with van der Waals surface area (Å²) in [5, 5.41) is -0.0300. The SMILES string of the molecule is Cc1cccc(N2CCN(C(=O)[C@H]3CC(=O)N(c4ccc(F)c(Cl)c4)C3)CC2)c1C. The number of carbonyl (C=O) groups excluding carboxylic acids is 2. The summed E-state index contributed by atoms with van der Waals surface area (Å²) in [6, 6.07) is 10.5. The summed E-state index contributed by atoms with van der Waals surface area (Å²) >= 11 is 5.85. The van der Waals surface area contributed by atoms with Crippen LogP contribution in [0.4, 0.5) is 15.8 Å². The number of aryl methyl sites for hydroxylation is 1. The molecule has 158 valence electrons. The maximum atomic E-state index is 13.4. The van der Waals surface area contributed by atoms with Gasteiger partial charge in [-0.2, -0.15) is 0 Å². The van der Waals surface area contributed by atoms with Crippen molar-refractivity contribution in [1.29, 1.82) is 0 Å². The molecule has 0 aromatic heterocycles. The number of anilines is 2. The van der Waals surface area contributed by atoms with E-state index in [0.717, 1.165) is 13.1 Å². The van der Waals surface area contributed by atoms with Gasteiger partial charge >= 0.3 is 0 Å². The zero-order valence-electron chi connectivity index (χ0n) is 17.2. The fourth-order valence-electron chi connectivity index (χ4n) is 4.28. The van der Waals surface area contributed by atoms with E-state index in [1.165, 1.54) is 39.9 Å². The molecule has 0 spiro atoms. The maximum absolute atomic E-state index is 13.4. The van der Waals surface area contributed by atoms with Gasteiger partial charge in [-0.15, -0.1) is 0 Å². The van der Waals surface area contributed by atoms with Gasteiger partial charge in [0, 0.05) is 50.5 Å². The summed E-state index contributed by atoms with van der Waals surface area (Å²) in [4.78, 5) is 31.2. The normalized spacial score (nSPS) is 19.5. The van der Waals surface area contributed by atoms with Crippen molar-refractivity contribution in [2.45, 2.75) is 20.3 Å². The zero-order chi connectivity index (χ0) is 21.4. The topological polar surface area (TPSA) is 43.9 Å². The van der Waals surface area contributed by atoms with Crippen molar-refractivity contribution in [2.24, 2.45) is 5.92 Å². The monoisotopic (exact) mass is 429 g/mol. The molecule has 1 atom stereocenters. The third-order valence-electron chi connectivity index (χ3n) is 6.20. The Morgan fingerprint density at radius 1 is 1.10 bits per heavy atom. The van der Waals surface area contributed by atoms with Crippen LogP contribution in [0.3, 0.4) is 0 Å². The molecule has 0 aliphatic carbocycles. The van der Waals surface area contributed by atoms with Gasteiger partial charge in [0.2, 0.25) is 11.8 Å². The van der Waals surface area contributed by atoms with E-state index in [1.807, 2.05) is 4.90 Å². The van der Waals surface area contributed by atoms with Gasteiger partial charge in [0.15, 0.2) is 0 Å². The quantitative estimate of drug-likeness (QED) is 0.745. The number of hydrogen-bond donors (Lipinski definition) is 0. The van der Waals surface area contributed by atoms with Crippen LogP contribution in [0.1, 0.15) is 17.5 Å². The lowest BCUT2D eigenvalue weighted by atomic mass is 10.1. The first kappa shape index (κ1) is 20.7. The van der Waals surface area contributed by atoms with Crippen LogP contribution in [0, 0.1) is 25.6 Å². The van der Waals surface area contributed by atoms with Crippen LogP contribution in [-0.2, 0) is 9.59 Å². The molecule has 2 heterocycles. The summed E-state index contributed by atoms with van der Waals surface area (Å²) < 4.78 is 13.4. The first-order chi connectivity index (χ1) is 14.3. The largest absolute Gasteiger partial charge is 0.368 e. The summed E-state index contributed by atoms with van der Waals surface area (Å²) in [7, 11) is 0. The van der Waals surface area contributed by atoms with Crippen molar-refractivity contribution in [3.63, 3.8) is 0 Å². The maximum Gasteiger partial charge on any atom is 0.228 e. The Balaban J connectivity index is 1.39. The Morgan fingerprint density at radius 2 is 1.83 bits per heavy atom. The van der Waals surface area contributed by atoms with Gasteiger partial charge in [-0.3, -0.25) is 9.59 Å². The zero-order valence-corrected chi connectivity index (χ0v) is 18.0. The minimum atomic E-state index is -0.526. The molecule has 2 aromatic rings. The summed E-state index contributed by atoms with van der Waals surface area (Å²) in [5.41, 5.74) is 4.28. The molecule has 5 nitrogen and oxygen atoms in total. The number of halogens is 2. The average molecular weight is 430 g/mol. The van der Waals surface area contributed by atoms with E-state index in [4.69, 9.17) is 11.6 Å². The van der Waals surface area contributed by atoms with Crippen LogP contribution in [0.25, 0.3) is 0 Å². The fourth-order valence-corrected chi connectivity index (χ4v) is 4.45. The van der Waals surface area contributed by atoms with Crippen LogP contribution in [0.2, 0.25) is 5.02 Å². The molecule has 2 aromatic carbocycles. The molecule has 0 saturated carbocycles. The summed E-state index contributed by atoms with van der Waals surface area (Å²) in [6.07, 6.45) is 0.172. The number of carbonyl (C=O) groups is 2. The van der Waals surface area contributed by atoms with Crippen LogP contribution >= 0.6 is 11.6 Å². The molecule has 4 rings (SSSR count). The van der Waals surface area contributed by atoms with E-state index >= 15 is 0 Å². The molecule has 0 unspecified atom stereocenters. The molecule has 30 heavy (non-hydrogen) atoms. The number of piperazine rings is 1. The van der Waals surface area contributed by atoms with Crippen molar-refractivity contribution in [3.05, 3.63) is 58.4 Å². The fraction of sp³-hybridized carbons (Fsp3) is 0.391. The molecule has 0 bridgehead atoms. The minimum Gasteiger partial charge on any atom is -0.368 e. The molecule has 7 heteroatoms. The third-order valence-corrected chi connectivity index (χ3v) is 6.49. The predicted molar refractivity (Wildman–Crippen MR) is 117 cm³/mol. The second kappa shape index (κ2) is 8.26. The Labute approximate surface area is 181 Å². The smallest absolute Gasteiger partial charge is 0.228 e. The highest BCUT2D eigenvalue weighted by atomic mass is 35.5. The lowest BCUT2D eigenvalue weighted by Crippen LogP contribution is -2.51. The standard InChI is InChI=1S/C23H25ClFN3O2/c1-15-4-3-5-21(16(15)2)26-8-10-27(11-9-26)23(30)17-12-22(29)28(14-17)18-6-7-20(25)19(24)13-18/h3-7,13,17H,8-12,14H2,1-2H3/t17-/m0/s1. The van der Waals surface area contributed by atoms with Crippen molar-refractivity contribution in [2.75, 3.05) is 42.5 Å². The highest BCUT2D eigenvalue weighted by Gasteiger charge is 2.38. The van der Waals surface area contributed by atoms with Crippen LogP contribution in [-0.4, -0.2) is 49.4 Å². The lowest BCUT2D eigenvalue weighted by molar-refractivity contribution is -0.136. The Bertz CT molecular complexity index is 988. The van der Waals surface area contributed by atoms with E-state index in [-0.39, 0.29) is 29.2 Å². The second-order valence-electron chi connectivity index (χ2n) is 8.04. The molecule has 2 aliphatic rings. The van der Waals surface area contributed by atoms with E-state index in [2.05, 4.69) is 36.9 Å².